The number of thioether (sulfide) groups is 1. The number of nitrogens with one attached hydrogen (secondary N) is 1. The molecule has 1 unspecified atom stereocenters. The molecule has 3 rings (SSSR count). The van der Waals surface area contributed by atoms with Gasteiger partial charge in [0.2, 0.25) is 0 Å². The van der Waals surface area contributed by atoms with E-state index in [1.165, 1.54) is 22.6 Å². The molecule has 0 fully saturated rings. The van der Waals surface area contributed by atoms with Gasteiger partial charge >= 0.3 is 0 Å². The molecule has 0 saturated carbocycles. The number of hydrogen-bond acceptors (Lipinski definition) is 2. The van der Waals surface area contributed by atoms with Gasteiger partial charge in [-0.2, -0.15) is 0 Å². The summed E-state index contributed by atoms with van der Waals surface area (Å²) in [6, 6.07) is 15.3. The van der Waals surface area contributed by atoms with Gasteiger partial charge in [-0.3, -0.25) is 0 Å². The lowest BCUT2D eigenvalue weighted by atomic mass is 10.1. The molecule has 0 saturated heterocycles. The topological polar surface area (TPSA) is 12.0 Å². The van der Waals surface area contributed by atoms with Gasteiger partial charge in [0, 0.05) is 16.3 Å². The molecule has 1 aliphatic rings. The summed E-state index contributed by atoms with van der Waals surface area (Å²) in [7, 11) is 0. The summed E-state index contributed by atoms with van der Waals surface area (Å²) in [5.41, 5.74) is 2.30. The third-order valence-corrected chi connectivity index (χ3v) is 4.07. The smallest absolute Gasteiger partial charge is 0.123 e. The molecule has 1 heterocycles. The van der Waals surface area contributed by atoms with Crippen LogP contribution >= 0.6 is 11.8 Å². The minimum atomic E-state index is -0.197. The van der Waals surface area contributed by atoms with Gasteiger partial charge in [-0.25, -0.2) is 4.39 Å². The zero-order valence-electron chi connectivity index (χ0n) is 9.19. The number of halogens is 1. The summed E-state index contributed by atoms with van der Waals surface area (Å²) in [4.78, 5) is 1.34. The molecular formula is C14H12FNS. The first-order valence-electron chi connectivity index (χ1n) is 5.57. The van der Waals surface area contributed by atoms with Crippen molar-refractivity contribution in [1.82, 2.24) is 0 Å². The lowest BCUT2D eigenvalue weighted by Crippen LogP contribution is -2.09. The van der Waals surface area contributed by atoms with Crippen LogP contribution in [0.1, 0.15) is 11.6 Å². The van der Waals surface area contributed by atoms with Crippen LogP contribution in [-0.2, 0) is 0 Å². The summed E-state index contributed by atoms with van der Waals surface area (Å²) >= 11 is 1.86. The van der Waals surface area contributed by atoms with Crippen LogP contribution in [0.4, 0.5) is 10.1 Å². The predicted octanol–water partition coefficient (Wildman–Crippen LogP) is 4.08. The maximum absolute atomic E-state index is 12.8. The van der Waals surface area contributed by atoms with E-state index in [0.717, 1.165) is 11.4 Å². The highest BCUT2D eigenvalue weighted by molar-refractivity contribution is 7.99. The van der Waals surface area contributed by atoms with Crippen molar-refractivity contribution in [3.63, 3.8) is 0 Å². The zero-order chi connectivity index (χ0) is 11.7. The Morgan fingerprint density at radius 2 is 1.82 bits per heavy atom. The van der Waals surface area contributed by atoms with Gasteiger partial charge in [-0.15, -0.1) is 11.8 Å². The van der Waals surface area contributed by atoms with Gasteiger partial charge in [-0.1, -0.05) is 18.2 Å². The Balaban J connectivity index is 1.81. The van der Waals surface area contributed by atoms with Crippen LogP contribution < -0.4 is 5.32 Å². The fourth-order valence-electron chi connectivity index (χ4n) is 2.03. The highest BCUT2D eigenvalue weighted by Gasteiger charge is 2.22. The molecule has 0 bridgehead atoms. The van der Waals surface area contributed by atoms with Crippen LogP contribution in [0.5, 0.6) is 0 Å². The van der Waals surface area contributed by atoms with E-state index < -0.39 is 0 Å². The number of fused-ring (bicyclic) bond motifs is 1. The summed E-state index contributed by atoms with van der Waals surface area (Å²) < 4.78 is 12.8. The van der Waals surface area contributed by atoms with Crippen molar-refractivity contribution in [2.24, 2.45) is 0 Å². The average Bonchev–Trinajstić information content (AvgIpc) is 2.76. The van der Waals surface area contributed by atoms with E-state index in [0.29, 0.717) is 6.04 Å². The molecule has 0 radical (unpaired) electrons. The molecule has 1 aliphatic heterocycles. The van der Waals surface area contributed by atoms with Crippen molar-refractivity contribution < 1.29 is 4.39 Å². The molecule has 1 nitrogen and oxygen atoms in total. The standard InChI is InChI=1S/C14H12FNS/c15-10-5-7-11(8-6-10)16-13-9-17-14-4-2-1-3-12(13)14/h1-8,13,16H,9H2. The maximum atomic E-state index is 12.8. The third-order valence-electron chi connectivity index (χ3n) is 2.89. The number of anilines is 1. The quantitative estimate of drug-likeness (QED) is 0.855. The lowest BCUT2D eigenvalue weighted by molar-refractivity contribution is 0.628. The monoisotopic (exact) mass is 245 g/mol. The van der Waals surface area contributed by atoms with Crippen molar-refractivity contribution in [2.45, 2.75) is 10.9 Å². The maximum Gasteiger partial charge on any atom is 0.123 e. The van der Waals surface area contributed by atoms with Crippen molar-refractivity contribution in [3.05, 3.63) is 59.9 Å². The molecule has 0 spiro atoms. The SMILES string of the molecule is Fc1ccc(NC2CSc3ccccc32)cc1. The van der Waals surface area contributed by atoms with Gasteiger partial charge in [0.1, 0.15) is 5.82 Å². The molecule has 2 aromatic rings. The van der Waals surface area contributed by atoms with E-state index in [9.17, 15) is 4.39 Å². The first kappa shape index (κ1) is 10.7. The second-order valence-corrected chi connectivity index (χ2v) is 5.11. The summed E-state index contributed by atoms with van der Waals surface area (Å²) in [6.45, 7) is 0. The Bertz CT molecular complexity index is 524. The van der Waals surface area contributed by atoms with Gasteiger partial charge in [0.05, 0.1) is 6.04 Å². The third kappa shape index (κ3) is 2.15. The Hall–Kier alpha value is -1.48. The summed E-state index contributed by atoms with van der Waals surface area (Å²) in [6.07, 6.45) is 0. The molecule has 17 heavy (non-hydrogen) atoms. The van der Waals surface area contributed by atoms with Crippen molar-refractivity contribution >= 4 is 17.4 Å². The molecule has 2 aromatic carbocycles. The number of rotatable bonds is 2. The Morgan fingerprint density at radius 3 is 2.65 bits per heavy atom. The van der Waals surface area contributed by atoms with E-state index >= 15 is 0 Å². The lowest BCUT2D eigenvalue weighted by Gasteiger charge is -2.14. The van der Waals surface area contributed by atoms with E-state index in [1.807, 2.05) is 11.8 Å². The molecule has 1 atom stereocenters. The van der Waals surface area contributed by atoms with Gasteiger partial charge in [0.25, 0.3) is 0 Å². The molecule has 1 N–H and O–H groups in total. The normalized spacial score (nSPS) is 17.8. The van der Waals surface area contributed by atoms with Crippen LogP contribution in [0.25, 0.3) is 0 Å². The number of hydrogen-bond donors (Lipinski definition) is 1. The van der Waals surface area contributed by atoms with Crippen LogP contribution in [0, 0.1) is 5.82 Å². The predicted molar refractivity (Wildman–Crippen MR) is 69.9 cm³/mol. The first-order valence-corrected chi connectivity index (χ1v) is 6.55. The average molecular weight is 245 g/mol. The number of benzene rings is 2. The highest BCUT2D eigenvalue weighted by atomic mass is 32.2. The minimum Gasteiger partial charge on any atom is -0.377 e. The fourth-order valence-corrected chi connectivity index (χ4v) is 3.19. The Morgan fingerprint density at radius 1 is 1.06 bits per heavy atom. The largest absolute Gasteiger partial charge is 0.377 e. The van der Waals surface area contributed by atoms with Crippen molar-refractivity contribution in [1.29, 1.82) is 0 Å². The molecule has 0 amide bonds. The zero-order valence-corrected chi connectivity index (χ0v) is 10.0. The Kier molecular flexibility index (Phi) is 2.77. The second kappa shape index (κ2) is 4.41. The summed E-state index contributed by atoms with van der Waals surface area (Å²) in [5, 5.41) is 3.44. The van der Waals surface area contributed by atoms with Crippen LogP contribution in [-0.4, -0.2) is 5.75 Å². The van der Waals surface area contributed by atoms with Gasteiger partial charge < -0.3 is 5.32 Å². The first-order chi connectivity index (χ1) is 8.33. The van der Waals surface area contributed by atoms with Crippen LogP contribution in [0.3, 0.4) is 0 Å². The van der Waals surface area contributed by atoms with E-state index in [1.54, 1.807) is 12.1 Å². The van der Waals surface area contributed by atoms with E-state index in [2.05, 4.69) is 29.6 Å². The molecular weight excluding hydrogens is 233 g/mol. The second-order valence-electron chi connectivity index (χ2n) is 4.05. The van der Waals surface area contributed by atoms with E-state index in [4.69, 9.17) is 0 Å². The minimum absolute atomic E-state index is 0.197. The summed E-state index contributed by atoms with van der Waals surface area (Å²) in [5.74, 6) is 0.827. The fraction of sp³-hybridized carbons (Fsp3) is 0.143. The van der Waals surface area contributed by atoms with Gasteiger partial charge in [-0.05, 0) is 35.9 Å². The van der Waals surface area contributed by atoms with Crippen molar-refractivity contribution in [2.75, 3.05) is 11.1 Å². The van der Waals surface area contributed by atoms with E-state index in [-0.39, 0.29) is 5.82 Å². The van der Waals surface area contributed by atoms with Gasteiger partial charge in [0.15, 0.2) is 0 Å². The van der Waals surface area contributed by atoms with Crippen LogP contribution in [0.2, 0.25) is 0 Å². The highest BCUT2D eigenvalue weighted by Crippen LogP contribution is 2.39. The molecule has 86 valence electrons. The molecule has 3 heteroatoms. The van der Waals surface area contributed by atoms with Crippen molar-refractivity contribution in [3.8, 4) is 0 Å². The Labute approximate surface area is 104 Å². The molecule has 0 aromatic heterocycles. The molecule has 0 aliphatic carbocycles. The van der Waals surface area contributed by atoms with Crippen LogP contribution in [0.15, 0.2) is 53.4 Å².